The van der Waals surface area contributed by atoms with Crippen molar-refractivity contribution in [3.63, 3.8) is 0 Å². The van der Waals surface area contributed by atoms with Gasteiger partial charge >= 0.3 is 0 Å². The van der Waals surface area contributed by atoms with E-state index in [4.69, 9.17) is 9.73 Å². The molecule has 3 atom stereocenters. The van der Waals surface area contributed by atoms with Gasteiger partial charge in [-0.3, -0.25) is 14.7 Å². The van der Waals surface area contributed by atoms with Crippen LogP contribution >= 0.6 is 0 Å². The van der Waals surface area contributed by atoms with Crippen molar-refractivity contribution in [2.45, 2.75) is 58.6 Å². The van der Waals surface area contributed by atoms with E-state index >= 15 is 0 Å². The Kier molecular flexibility index (Phi) is 6.35. The normalized spacial score (nSPS) is 32.3. The highest BCUT2D eigenvalue weighted by atomic mass is 16.5. The zero-order valence-corrected chi connectivity index (χ0v) is 18.5. The summed E-state index contributed by atoms with van der Waals surface area (Å²) in [5, 5.41) is 7.10. The summed E-state index contributed by atoms with van der Waals surface area (Å²) in [5.41, 5.74) is 0.153. The molecule has 2 saturated carbocycles. The smallest absolute Gasteiger partial charge is 0.225 e. The van der Waals surface area contributed by atoms with Gasteiger partial charge in [0.2, 0.25) is 5.91 Å². The summed E-state index contributed by atoms with van der Waals surface area (Å²) >= 11 is 0. The number of fused-ring (bicyclic) bond motifs is 1. The molecule has 0 spiro atoms. The number of amides is 1. The fourth-order valence-corrected chi connectivity index (χ4v) is 5.49. The highest BCUT2D eigenvalue weighted by Gasteiger charge is 2.59. The van der Waals surface area contributed by atoms with Crippen LogP contribution in [0.3, 0.4) is 0 Å². The van der Waals surface area contributed by atoms with Crippen LogP contribution in [0.5, 0.6) is 0 Å². The monoisotopic (exact) mass is 405 g/mol. The van der Waals surface area contributed by atoms with Gasteiger partial charge in [0.25, 0.3) is 0 Å². The van der Waals surface area contributed by atoms with Crippen molar-refractivity contribution in [3.8, 4) is 0 Å². The SMILES string of the molecule is CCNC(=NCCN1CCN(C(=O)C2CCC2)CC1)NC1C2CCOC2C1(C)C. The maximum absolute atomic E-state index is 12.4. The van der Waals surface area contributed by atoms with Crippen LogP contribution in [0.4, 0.5) is 0 Å². The quantitative estimate of drug-likeness (QED) is 0.515. The first-order chi connectivity index (χ1) is 14.0. The maximum atomic E-state index is 12.4. The van der Waals surface area contributed by atoms with E-state index in [0.29, 0.717) is 29.9 Å². The van der Waals surface area contributed by atoms with Gasteiger partial charge in [0, 0.05) is 69.2 Å². The lowest BCUT2D eigenvalue weighted by Gasteiger charge is -2.54. The molecular weight excluding hydrogens is 366 g/mol. The van der Waals surface area contributed by atoms with Crippen molar-refractivity contribution in [3.05, 3.63) is 0 Å². The van der Waals surface area contributed by atoms with Gasteiger partial charge in [0.15, 0.2) is 5.96 Å². The van der Waals surface area contributed by atoms with E-state index in [2.05, 4.69) is 41.2 Å². The van der Waals surface area contributed by atoms with Crippen LogP contribution in [0.2, 0.25) is 0 Å². The molecule has 1 amide bonds. The minimum Gasteiger partial charge on any atom is -0.377 e. The Hall–Kier alpha value is -1.34. The van der Waals surface area contributed by atoms with Gasteiger partial charge in [-0.05, 0) is 26.2 Å². The number of carbonyl (C=O) groups is 1. The molecule has 0 aromatic carbocycles. The number of nitrogens with zero attached hydrogens (tertiary/aromatic N) is 3. The Morgan fingerprint density at radius 1 is 1.17 bits per heavy atom. The van der Waals surface area contributed by atoms with Crippen LogP contribution in [0.15, 0.2) is 4.99 Å². The topological polar surface area (TPSA) is 69.2 Å². The minimum atomic E-state index is 0.153. The van der Waals surface area contributed by atoms with E-state index in [9.17, 15) is 4.79 Å². The summed E-state index contributed by atoms with van der Waals surface area (Å²) < 4.78 is 5.92. The predicted octanol–water partition coefficient (Wildman–Crippen LogP) is 1.30. The highest BCUT2D eigenvalue weighted by Crippen LogP contribution is 2.52. The summed E-state index contributed by atoms with van der Waals surface area (Å²) in [6.07, 6.45) is 4.96. The highest BCUT2D eigenvalue weighted by molar-refractivity contribution is 5.80. The van der Waals surface area contributed by atoms with Gasteiger partial charge in [0.1, 0.15) is 0 Å². The number of hydrogen-bond acceptors (Lipinski definition) is 4. The van der Waals surface area contributed by atoms with Crippen molar-refractivity contribution in [1.29, 1.82) is 0 Å². The Morgan fingerprint density at radius 3 is 2.59 bits per heavy atom. The molecule has 3 unspecified atom stereocenters. The van der Waals surface area contributed by atoms with E-state index in [0.717, 1.165) is 77.6 Å². The van der Waals surface area contributed by atoms with E-state index < -0.39 is 0 Å². The van der Waals surface area contributed by atoms with E-state index in [1.54, 1.807) is 0 Å². The van der Waals surface area contributed by atoms with Gasteiger partial charge in [-0.2, -0.15) is 0 Å². The molecule has 0 radical (unpaired) electrons. The largest absolute Gasteiger partial charge is 0.377 e. The molecule has 0 bridgehead atoms. The second kappa shape index (κ2) is 8.80. The van der Waals surface area contributed by atoms with Crippen LogP contribution in [-0.4, -0.2) is 86.2 Å². The molecule has 2 N–H and O–H groups in total. The van der Waals surface area contributed by atoms with Crippen LogP contribution in [-0.2, 0) is 9.53 Å². The third kappa shape index (κ3) is 4.26. The second-order valence-electron chi connectivity index (χ2n) is 9.74. The number of ether oxygens (including phenoxy) is 1. The van der Waals surface area contributed by atoms with Crippen molar-refractivity contribution in [1.82, 2.24) is 20.4 Å². The lowest BCUT2D eigenvalue weighted by Crippen LogP contribution is -2.68. The second-order valence-corrected chi connectivity index (χ2v) is 9.74. The number of carbonyl (C=O) groups excluding carboxylic acids is 1. The molecule has 4 fully saturated rings. The summed E-state index contributed by atoms with van der Waals surface area (Å²) in [7, 11) is 0. The zero-order valence-electron chi connectivity index (χ0n) is 18.5. The Balaban J connectivity index is 1.22. The van der Waals surface area contributed by atoms with Gasteiger partial charge in [-0.15, -0.1) is 0 Å². The number of aliphatic imine (C=N–C) groups is 1. The average molecular weight is 406 g/mol. The molecular formula is C22H39N5O2. The van der Waals surface area contributed by atoms with E-state index in [1.165, 1.54) is 6.42 Å². The van der Waals surface area contributed by atoms with Crippen LogP contribution < -0.4 is 10.6 Å². The molecule has 2 aliphatic carbocycles. The fraction of sp³-hybridized carbons (Fsp3) is 0.909. The van der Waals surface area contributed by atoms with Gasteiger partial charge in [-0.1, -0.05) is 20.3 Å². The Labute approximate surface area is 175 Å². The standard InChI is InChI=1S/C22H39N5O2/c1-4-23-21(25-18-17-8-15-29-19(17)22(18,2)3)24-9-10-26-11-13-27(14-12-26)20(28)16-6-5-7-16/h16-19H,4-15H2,1-3H3,(H2,23,24,25). The van der Waals surface area contributed by atoms with Gasteiger partial charge in [0.05, 0.1) is 12.6 Å². The van der Waals surface area contributed by atoms with E-state index in [-0.39, 0.29) is 5.41 Å². The van der Waals surface area contributed by atoms with Crippen molar-refractivity contribution >= 4 is 11.9 Å². The predicted molar refractivity (Wildman–Crippen MR) is 115 cm³/mol. The van der Waals surface area contributed by atoms with Crippen molar-refractivity contribution in [2.75, 3.05) is 52.4 Å². The molecule has 0 aromatic rings. The number of guanidine groups is 1. The summed E-state index contributed by atoms with van der Waals surface area (Å²) in [4.78, 5) is 21.7. The fourth-order valence-electron chi connectivity index (χ4n) is 5.49. The molecule has 164 valence electrons. The number of rotatable bonds is 6. The maximum Gasteiger partial charge on any atom is 0.225 e. The average Bonchev–Trinajstić information content (AvgIpc) is 3.12. The molecule has 4 aliphatic rings. The van der Waals surface area contributed by atoms with Crippen molar-refractivity contribution in [2.24, 2.45) is 22.2 Å². The lowest BCUT2D eigenvalue weighted by atomic mass is 9.57. The van der Waals surface area contributed by atoms with Crippen molar-refractivity contribution < 1.29 is 9.53 Å². The summed E-state index contributed by atoms with van der Waals surface area (Å²) in [6, 6.07) is 0.425. The Bertz CT molecular complexity index is 610. The third-order valence-electron chi connectivity index (χ3n) is 7.56. The molecule has 4 rings (SSSR count). The van der Waals surface area contributed by atoms with Crippen LogP contribution in [0, 0.1) is 17.3 Å². The molecule has 2 aliphatic heterocycles. The van der Waals surface area contributed by atoms with E-state index in [1.807, 2.05) is 0 Å². The van der Waals surface area contributed by atoms with Gasteiger partial charge in [-0.25, -0.2) is 0 Å². The molecule has 29 heavy (non-hydrogen) atoms. The van der Waals surface area contributed by atoms with Crippen LogP contribution in [0.1, 0.15) is 46.5 Å². The number of piperazine rings is 1. The Morgan fingerprint density at radius 2 is 1.93 bits per heavy atom. The number of nitrogens with one attached hydrogen (secondary N) is 2. The molecule has 2 saturated heterocycles. The first-order valence-corrected chi connectivity index (χ1v) is 11.7. The summed E-state index contributed by atoms with van der Waals surface area (Å²) in [5.74, 6) is 2.25. The first kappa shape index (κ1) is 20.9. The molecule has 0 aromatic heterocycles. The lowest BCUT2D eigenvalue weighted by molar-refractivity contribution is -0.139. The van der Waals surface area contributed by atoms with Gasteiger partial charge < -0.3 is 20.3 Å². The molecule has 7 heteroatoms. The minimum absolute atomic E-state index is 0.153. The summed E-state index contributed by atoms with van der Waals surface area (Å²) in [6.45, 7) is 13.9. The number of hydrogen-bond donors (Lipinski definition) is 2. The molecule has 2 heterocycles. The van der Waals surface area contributed by atoms with Crippen LogP contribution in [0.25, 0.3) is 0 Å². The molecule has 7 nitrogen and oxygen atoms in total. The first-order valence-electron chi connectivity index (χ1n) is 11.7. The third-order valence-corrected chi connectivity index (χ3v) is 7.56. The zero-order chi connectivity index (χ0) is 20.4.